The molecule has 0 bridgehead atoms. The predicted octanol–water partition coefficient (Wildman–Crippen LogP) is 1.86. The first-order valence-electron chi connectivity index (χ1n) is 6.15. The number of nitrogen functional groups attached to an aromatic ring is 1. The first kappa shape index (κ1) is 15.0. The van der Waals surface area contributed by atoms with E-state index >= 15 is 0 Å². The van der Waals surface area contributed by atoms with Gasteiger partial charge in [-0.3, -0.25) is 0 Å². The highest BCUT2D eigenvalue weighted by atomic mass is 32.2. The van der Waals surface area contributed by atoms with Crippen molar-refractivity contribution in [3.05, 3.63) is 39.8 Å². The highest BCUT2D eigenvalue weighted by Crippen LogP contribution is 2.16. The fourth-order valence-corrected chi connectivity index (χ4v) is 3.77. The van der Waals surface area contributed by atoms with Gasteiger partial charge in [0.2, 0.25) is 10.0 Å². The number of hydrogen-bond acceptors (Lipinski definition) is 5. The molecule has 20 heavy (non-hydrogen) atoms. The first-order valence-corrected chi connectivity index (χ1v) is 8.51. The van der Waals surface area contributed by atoms with Crippen LogP contribution in [0.1, 0.15) is 16.3 Å². The Morgan fingerprint density at radius 1 is 1.30 bits per heavy atom. The number of nitrogens with zero attached hydrogens (tertiary/aromatic N) is 1. The number of nitrogens with one attached hydrogen (secondary N) is 1. The number of aryl methyl sites for hydroxylation is 2. The summed E-state index contributed by atoms with van der Waals surface area (Å²) in [5, 5.41) is 2.87. The van der Waals surface area contributed by atoms with Crippen molar-refractivity contribution in [2.24, 2.45) is 0 Å². The molecule has 0 amide bonds. The number of nitrogens with two attached hydrogens (primary N) is 1. The van der Waals surface area contributed by atoms with Crippen LogP contribution in [-0.2, 0) is 16.4 Å². The number of sulfonamides is 1. The molecule has 0 aliphatic carbocycles. The lowest BCUT2D eigenvalue weighted by atomic mass is 10.2. The predicted molar refractivity (Wildman–Crippen MR) is 81.3 cm³/mol. The molecule has 0 aliphatic rings. The lowest BCUT2D eigenvalue weighted by Crippen LogP contribution is -2.26. The van der Waals surface area contributed by atoms with E-state index in [1.54, 1.807) is 12.1 Å². The van der Waals surface area contributed by atoms with Crippen molar-refractivity contribution in [3.8, 4) is 0 Å². The van der Waals surface area contributed by atoms with Crippen LogP contribution in [0.5, 0.6) is 0 Å². The highest BCUT2D eigenvalue weighted by Gasteiger charge is 2.14. The van der Waals surface area contributed by atoms with Crippen molar-refractivity contribution in [1.29, 1.82) is 0 Å². The lowest BCUT2D eigenvalue weighted by Gasteiger charge is -2.07. The van der Waals surface area contributed by atoms with Gasteiger partial charge in [0.05, 0.1) is 9.90 Å². The van der Waals surface area contributed by atoms with Gasteiger partial charge < -0.3 is 5.73 Å². The molecular weight excluding hydrogens is 294 g/mol. The molecule has 2 rings (SSSR count). The Balaban J connectivity index is 2.03. The van der Waals surface area contributed by atoms with E-state index in [1.165, 1.54) is 17.4 Å². The Bertz CT molecular complexity index is 688. The number of aromatic nitrogens is 1. The van der Waals surface area contributed by atoms with Crippen LogP contribution in [0.4, 0.5) is 5.69 Å². The van der Waals surface area contributed by atoms with Gasteiger partial charge in [-0.2, -0.15) is 0 Å². The van der Waals surface area contributed by atoms with E-state index in [1.807, 2.05) is 19.2 Å². The highest BCUT2D eigenvalue weighted by molar-refractivity contribution is 7.89. The quantitative estimate of drug-likeness (QED) is 0.825. The van der Waals surface area contributed by atoms with Gasteiger partial charge >= 0.3 is 0 Å². The molecule has 1 heterocycles. The number of anilines is 1. The van der Waals surface area contributed by atoms with E-state index in [-0.39, 0.29) is 4.90 Å². The Morgan fingerprint density at radius 3 is 2.65 bits per heavy atom. The minimum atomic E-state index is -3.52. The van der Waals surface area contributed by atoms with E-state index in [4.69, 9.17) is 5.73 Å². The summed E-state index contributed by atoms with van der Waals surface area (Å²) in [6, 6.07) is 4.80. The average molecular weight is 311 g/mol. The molecule has 0 spiro atoms. The number of hydrogen-bond donors (Lipinski definition) is 2. The summed E-state index contributed by atoms with van der Waals surface area (Å²) in [5.41, 5.74) is 7.90. The van der Waals surface area contributed by atoms with E-state index in [9.17, 15) is 8.42 Å². The van der Waals surface area contributed by atoms with Crippen LogP contribution >= 0.6 is 11.3 Å². The maximum absolute atomic E-state index is 12.1. The Hall–Kier alpha value is -1.44. The SMILES string of the molecule is Cc1cc(N)cc(S(=O)(=O)NCCc2nc(C)cs2)c1. The molecule has 0 radical (unpaired) electrons. The fourth-order valence-electron chi connectivity index (χ4n) is 1.82. The molecule has 7 heteroatoms. The summed E-state index contributed by atoms with van der Waals surface area (Å²) >= 11 is 1.53. The van der Waals surface area contributed by atoms with Gasteiger partial charge in [0, 0.05) is 29.7 Å². The number of thiazole rings is 1. The Labute approximate surface area is 122 Å². The molecule has 0 atom stereocenters. The van der Waals surface area contributed by atoms with Crippen molar-refractivity contribution < 1.29 is 8.42 Å². The van der Waals surface area contributed by atoms with Gasteiger partial charge in [-0.15, -0.1) is 11.3 Å². The minimum Gasteiger partial charge on any atom is -0.399 e. The summed E-state index contributed by atoms with van der Waals surface area (Å²) < 4.78 is 26.9. The summed E-state index contributed by atoms with van der Waals surface area (Å²) in [7, 11) is -3.52. The summed E-state index contributed by atoms with van der Waals surface area (Å²) in [5.74, 6) is 0. The topological polar surface area (TPSA) is 85.1 Å². The third kappa shape index (κ3) is 3.78. The fraction of sp³-hybridized carbons (Fsp3) is 0.308. The third-order valence-electron chi connectivity index (χ3n) is 2.68. The molecule has 0 aliphatic heterocycles. The molecule has 1 aromatic carbocycles. The summed E-state index contributed by atoms with van der Waals surface area (Å²) in [6.07, 6.45) is 0.582. The smallest absolute Gasteiger partial charge is 0.240 e. The zero-order chi connectivity index (χ0) is 14.8. The Morgan fingerprint density at radius 2 is 2.05 bits per heavy atom. The third-order valence-corrected chi connectivity index (χ3v) is 5.15. The molecular formula is C13H17N3O2S2. The second-order valence-corrected chi connectivity index (χ2v) is 7.32. The Kier molecular flexibility index (Phi) is 4.42. The van der Waals surface area contributed by atoms with Crippen LogP contribution < -0.4 is 10.5 Å². The van der Waals surface area contributed by atoms with Gasteiger partial charge in [0.25, 0.3) is 0 Å². The van der Waals surface area contributed by atoms with Crippen LogP contribution in [0.2, 0.25) is 0 Å². The summed E-state index contributed by atoms with van der Waals surface area (Å²) in [4.78, 5) is 4.49. The molecule has 0 unspecified atom stereocenters. The molecule has 3 N–H and O–H groups in total. The maximum Gasteiger partial charge on any atom is 0.240 e. The lowest BCUT2D eigenvalue weighted by molar-refractivity contribution is 0.581. The summed E-state index contributed by atoms with van der Waals surface area (Å²) in [6.45, 7) is 4.05. The molecule has 5 nitrogen and oxygen atoms in total. The van der Waals surface area contributed by atoms with Crippen molar-refractivity contribution in [2.45, 2.75) is 25.2 Å². The second-order valence-electron chi connectivity index (χ2n) is 4.61. The molecule has 108 valence electrons. The second kappa shape index (κ2) is 5.90. The van der Waals surface area contributed by atoms with Gasteiger partial charge in [-0.1, -0.05) is 0 Å². The number of benzene rings is 1. The van der Waals surface area contributed by atoms with Crippen molar-refractivity contribution >= 4 is 27.0 Å². The van der Waals surface area contributed by atoms with Gasteiger partial charge in [0.15, 0.2) is 0 Å². The van der Waals surface area contributed by atoms with Crippen LogP contribution in [0.15, 0.2) is 28.5 Å². The zero-order valence-corrected chi connectivity index (χ0v) is 13.0. The largest absolute Gasteiger partial charge is 0.399 e. The van der Waals surface area contributed by atoms with Crippen molar-refractivity contribution in [1.82, 2.24) is 9.71 Å². The van der Waals surface area contributed by atoms with Crippen LogP contribution in [0, 0.1) is 13.8 Å². The van der Waals surface area contributed by atoms with E-state index in [2.05, 4.69) is 9.71 Å². The maximum atomic E-state index is 12.1. The minimum absolute atomic E-state index is 0.199. The van der Waals surface area contributed by atoms with Crippen LogP contribution in [-0.4, -0.2) is 19.9 Å². The normalized spacial score (nSPS) is 11.7. The standard InChI is InChI=1S/C13H17N3O2S2/c1-9-5-11(14)7-12(6-9)20(17,18)15-4-3-13-16-10(2)8-19-13/h5-8,15H,3-4,14H2,1-2H3. The molecule has 1 aromatic heterocycles. The average Bonchev–Trinajstić information content (AvgIpc) is 2.73. The van der Waals surface area contributed by atoms with Gasteiger partial charge in [-0.25, -0.2) is 18.1 Å². The molecule has 0 fully saturated rings. The molecule has 0 saturated carbocycles. The van der Waals surface area contributed by atoms with Gasteiger partial charge in [-0.05, 0) is 37.6 Å². The van der Waals surface area contributed by atoms with Crippen LogP contribution in [0.25, 0.3) is 0 Å². The van der Waals surface area contributed by atoms with Gasteiger partial charge in [0.1, 0.15) is 0 Å². The van der Waals surface area contributed by atoms with E-state index in [0.717, 1.165) is 16.3 Å². The van der Waals surface area contributed by atoms with E-state index < -0.39 is 10.0 Å². The molecule has 0 saturated heterocycles. The van der Waals surface area contributed by atoms with Crippen molar-refractivity contribution in [2.75, 3.05) is 12.3 Å². The van der Waals surface area contributed by atoms with Crippen molar-refractivity contribution in [3.63, 3.8) is 0 Å². The van der Waals surface area contributed by atoms with E-state index in [0.29, 0.717) is 18.7 Å². The number of rotatable bonds is 5. The zero-order valence-electron chi connectivity index (χ0n) is 11.4. The molecule has 2 aromatic rings. The van der Waals surface area contributed by atoms with Crippen LogP contribution in [0.3, 0.4) is 0 Å². The monoisotopic (exact) mass is 311 g/mol. The first-order chi connectivity index (χ1) is 9.37.